The Morgan fingerprint density at radius 3 is 1.34 bits per heavy atom. The first-order valence-electron chi connectivity index (χ1n) is 38.9. The third kappa shape index (κ3) is 17.2. The SMILES string of the molecule is CC(F)(F)F.CC(F)(F)F.CC(F)(F)F.CC12CCC(=O)CC1CCC1C2CCC2(C)C1CC[C@@]2(O)/C=C/c1ccccc1.CC1CCC2(C)C(CCC3C2CCC2(C)C3CC[C@@]2(O)/C=C/c2ccccc2)C1.CCC12CCC3=C4CCC(=O)C=C4CCC3C1CC[C@@]2(O)/C=C/c1ccccc1. The molecule has 3 N–H and O–H groups in total. The van der Waals surface area contributed by atoms with Crippen molar-refractivity contribution in [2.75, 3.05) is 0 Å². The molecule has 562 valence electrons. The number of carbonyl (C=O) groups excluding carboxylic acids is 2. The number of ketones is 2. The lowest BCUT2D eigenvalue weighted by Gasteiger charge is -2.61. The number of allylic oxidation sites excluding steroid dienone is 4. The van der Waals surface area contributed by atoms with Gasteiger partial charge >= 0.3 is 18.5 Å². The Labute approximate surface area is 603 Å². The van der Waals surface area contributed by atoms with Gasteiger partial charge in [-0.25, -0.2) is 0 Å². The van der Waals surface area contributed by atoms with Gasteiger partial charge in [0, 0.05) is 56.3 Å². The van der Waals surface area contributed by atoms with E-state index in [9.17, 15) is 64.4 Å². The minimum atomic E-state index is -4.00. The molecule has 5 nitrogen and oxygen atoms in total. The highest BCUT2D eigenvalue weighted by molar-refractivity contribution is 5.93. The van der Waals surface area contributed by atoms with Gasteiger partial charge in [0.1, 0.15) is 5.78 Å². The molecule has 0 spiro atoms. The molecule has 0 bridgehead atoms. The molecule has 0 aliphatic heterocycles. The summed E-state index contributed by atoms with van der Waals surface area (Å²) in [4.78, 5) is 24.0. The van der Waals surface area contributed by atoms with Crippen molar-refractivity contribution < 1.29 is 64.4 Å². The van der Waals surface area contributed by atoms with Crippen LogP contribution >= 0.6 is 0 Å². The quantitative estimate of drug-likeness (QED) is 0.205. The molecule has 10 fully saturated rings. The van der Waals surface area contributed by atoms with Gasteiger partial charge in [0.15, 0.2) is 5.78 Å². The van der Waals surface area contributed by atoms with Crippen molar-refractivity contribution in [1.29, 1.82) is 0 Å². The van der Waals surface area contributed by atoms with Crippen molar-refractivity contribution in [1.82, 2.24) is 0 Å². The van der Waals surface area contributed by atoms with Gasteiger partial charge < -0.3 is 15.3 Å². The lowest BCUT2D eigenvalue weighted by atomic mass is 9.44. The maximum atomic E-state index is 12.1. The Balaban J connectivity index is 0.000000149. The summed E-state index contributed by atoms with van der Waals surface area (Å²) >= 11 is 0. The van der Waals surface area contributed by atoms with E-state index < -0.39 is 35.3 Å². The van der Waals surface area contributed by atoms with Gasteiger partial charge in [0.25, 0.3) is 0 Å². The van der Waals surface area contributed by atoms with Crippen LogP contribution in [0.5, 0.6) is 0 Å². The number of hydrogen-bond acceptors (Lipinski definition) is 5. The third-order valence-electron chi connectivity index (χ3n) is 29.2. The number of Topliss-reactive ketones (excluding diaryl/α,β-unsaturated/α-hetero) is 1. The second kappa shape index (κ2) is 31.0. The number of rotatable bonds is 7. The third-order valence-corrected chi connectivity index (χ3v) is 29.2. The van der Waals surface area contributed by atoms with E-state index in [1.165, 1.54) is 92.9 Å². The van der Waals surface area contributed by atoms with Crippen LogP contribution in [-0.4, -0.2) is 62.2 Å². The number of fused-ring (bicyclic) bond motifs is 14. The first-order chi connectivity index (χ1) is 47.8. The van der Waals surface area contributed by atoms with Crippen molar-refractivity contribution >= 4 is 29.8 Å². The molecule has 14 heteroatoms. The summed E-state index contributed by atoms with van der Waals surface area (Å²) in [5.74, 6) is 8.96. The minimum Gasteiger partial charge on any atom is -0.385 e. The van der Waals surface area contributed by atoms with Crippen LogP contribution in [0.25, 0.3) is 18.2 Å². The second-order valence-corrected chi connectivity index (χ2v) is 34.7. The van der Waals surface area contributed by atoms with E-state index in [1.807, 2.05) is 18.2 Å². The molecule has 0 amide bonds. The Morgan fingerprint density at radius 2 is 0.873 bits per heavy atom. The first kappa shape index (κ1) is 79.5. The molecule has 0 radical (unpaired) electrons. The molecule has 0 aromatic heterocycles. The van der Waals surface area contributed by atoms with Crippen molar-refractivity contribution in [3.63, 3.8) is 0 Å². The van der Waals surface area contributed by atoms with E-state index >= 15 is 0 Å². The van der Waals surface area contributed by atoms with Crippen LogP contribution in [-0.2, 0) is 9.59 Å². The lowest BCUT2D eigenvalue weighted by Crippen LogP contribution is -2.56. The first-order valence-corrected chi connectivity index (χ1v) is 38.9. The van der Waals surface area contributed by atoms with Crippen LogP contribution in [0.2, 0.25) is 0 Å². The van der Waals surface area contributed by atoms with Crippen LogP contribution in [0.3, 0.4) is 0 Å². The summed E-state index contributed by atoms with van der Waals surface area (Å²) in [6.45, 7) is 15.3. The zero-order chi connectivity index (χ0) is 74.1. The van der Waals surface area contributed by atoms with E-state index in [2.05, 4.69) is 157 Å². The Bertz CT molecular complexity index is 3450. The summed E-state index contributed by atoms with van der Waals surface area (Å²) in [6.07, 6.45) is 33.2. The highest BCUT2D eigenvalue weighted by atomic mass is 19.4. The molecule has 3 aromatic carbocycles. The predicted octanol–water partition coefficient (Wildman–Crippen LogP) is 23.9. The molecule has 102 heavy (non-hydrogen) atoms. The van der Waals surface area contributed by atoms with E-state index in [4.69, 9.17) is 0 Å². The summed E-state index contributed by atoms with van der Waals surface area (Å²) < 4.78 is 93.2. The van der Waals surface area contributed by atoms with Crippen molar-refractivity contribution in [3.8, 4) is 0 Å². The maximum Gasteiger partial charge on any atom is 0.386 e. The zero-order valence-corrected chi connectivity index (χ0v) is 62.2. The van der Waals surface area contributed by atoms with Crippen LogP contribution in [0.15, 0.2) is 132 Å². The fourth-order valence-electron chi connectivity index (χ4n) is 24.0. The average Bonchev–Trinajstić information content (AvgIpc) is 1.48. The smallest absolute Gasteiger partial charge is 0.385 e. The van der Waals surface area contributed by atoms with Gasteiger partial charge in [-0.1, -0.05) is 181 Å². The number of alkyl halides is 9. The van der Waals surface area contributed by atoms with Gasteiger partial charge in [0.2, 0.25) is 0 Å². The molecule has 19 atom stereocenters. The molecule has 12 aliphatic rings. The molecular weight excluding hydrogens is 1310 g/mol. The zero-order valence-electron chi connectivity index (χ0n) is 62.2. The summed E-state index contributed by atoms with van der Waals surface area (Å²) in [5.41, 5.74) is 6.88. The van der Waals surface area contributed by atoms with Crippen LogP contribution in [0, 0.1) is 92.2 Å². The van der Waals surface area contributed by atoms with Gasteiger partial charge in [-0.05, 0) is 258 Å². The van der Waals surface area contributed by atoms with Crippen LogP contribution in [0.1, 0.15) is 252 Å². The van der Waals surface area contributed by atoms with E-state index in [-0.39, 0.29) is 37.0 Å². The molecule has 15 rings (SSSR count). The Morgan fingerprint density at radius 1 is 0.451 bits per heavy atom. The van der Waals surface area contributed by atoms with Crippen molar-refractivity contribution in [3.05, 3.63) is 149 Å². The summed E-state index contributed by atoms with van der Waals surface area (Å²) in [7, 11) is 0. The number of halogens is 9. The lowest BCUT2D eigenvalue weighted by molar-refractivity contribution is -0.148. The molecular formula is C88H117F9O5. The summed E-state index contributed by atoms with van der Waals surface area (Å²) in [5, 5.41) is 35.5. The highest BCUT2D eigenvalue weighted by Crippen LogP contribution is 2.71. The number of hydrogen-bond donors (Lipinski definition) is 3. The van der Waals surface area contributed by atoms with Gasteiger partial charge in [-0.15, -0.1) is 0 Å². The van der Waals surface area contributed by atoms with E-state index in [0.717, 1.165) is 137 Å². The number of aliphatic hydroxyl groups is 3. The molecule has 0 saturated heterocycles. The van der Waals surface area contributed by atoms with E-state index in [1.54, 1.807) is 5.57 Å². The number of benzene rings is 3. The fourth-order valence-corrected chi connectivity index (χ4v) is 24.0. The molecule has 10 saturated carbocycles. The minimum absolute atomic E-state index is 0.0152. The topological polar surface area (TPSA) is 94.8 Å². The molecule has 16 unspecified atom stereocenters. The highest BCUT2D eigenvalue weighted by Gasteiger charge is 2.66. The van der Waals surface area contributed by atoms with Crippen LogP contribution < -0.4 is 0 Å². The van der Waals surface area contributed by atoms with Crippen LogP contribution in [0.4, 0.5) is 39.5 Å². The van der Waals surface area contributed by atoms with E-state index in [0.29, 0.717) is 58.4 Å². The fraction of sp³-hybridized carbons (Fsp3) is 0.659. The van der Waals surface area contributed by atoms with Gasteiger partial charge in [-0.2, -0.15) is 39.5 Å². The Hall–Kier alpha value is -5.05. The van der Waals surface area contributed by atoms with Gasteiger partial charge in [-0.3, -0.25) is 9.59 Å². The predicted molar refractivity (Wildman–Crippen MR) is 391 cm³/mol. The monoisotopic (exact) mass is 1420 g/mol. The molecule has 0 heterocycles. The summed E-state index contributed by atoms with van der Waals surface area (Å²) in [6, 6.07) is 31.2. The number of carbonyl (C=O) groups is 2. The van der Waals surface area contributed by atoms with Crippen molar-refractivity contribution in [2.24, 2.45) is 92.2 Å². The van der Waals surface area contributed by atoms with Gasteiger partial charge in [0.05, 0.1) is 16.8 Å². The standard InChI is InChI=1S/C28H40O.C27H36O2.C27H32O2.3C2H3F3/c1-20-11-15-26(2)22(19-20)9-10-23-24(26)13-16-27(3)25(23)14-18-28(27,29)17-12-21-7-5-4-6-8-21;1-25-14-11-21(28)18-20(25)8-9-22-23(25)12-15-26(2)24(22)13-17-27(26,29)16-10-19-6-4-3-5-7-19;1-2-26-15-13-23-22-11-9-21(28)18-20(22)8-10-24(23)25(26)14-17-27(26,29)16-12-19-6-4-3-5-7-19;3*1-2(3,4)5/h4-8,12,17,20,22-25,29H,9-11,13-16,18-19H2,1-3H3;3-7,10,16,20,22-24,29H,8-9,11-15,17-18H2,1-2H3;3-7,12,16,18,24-25,29H,2,8-11,13-15,17H2,1H3;3*1H3/b17-12+;16-10+;16-12+;;;/t20?,22?,23?,24?,25?,26?,27?,28-;20?,22?,23?,24?,25?,26?,27-;24?,25?,26?,27-;;;/m000.../s1. The maximum absolute atomic E-state index is 12.1. The molecule has 12 aliphatic carbocycles. The molecule has 3 aromatic rings. The Kier molecular flexibility index (Phi) is 24.2. The van der Waals surface area contributed by atoms with Crippen molar-refractivity contribution in [2.45, 2.75) is 271 Å². The largest absolute Gasteiger partial charge is 0.386 e. The second-order valence-electron chi connectivity index (χ2n) is 34.7. The average molecular weight is 1430 g/mol. The normalized spacial score (nSPS) is 39.6.